The van der Waals surface area contributed by atoms with Gasteiger partial charge < -0.3 is 10.6 Å². The largest absolute Gasteiger partial charge is 0.350 e. The Bertz CT molecular complexity index is 867. The summed E-state index contributed by atoms with van der Waals surface area (Å²) >= 11 is 1.58. The molecule has 8 heteroatoms. The van der Waals surface area contributed by atoms with Crippen LogP contribution in [0.5, 0.6) is 0 Å². The van der Waals surface area contributed by atoms with Gasteiger partial charge in [0.2, 0.25) is 11.8 Å². The van der Waals surface area contributed by atoms with Crippen LogP contribution in [0.2, 0.25) is 0 Å². The number of carbonyl (C=O) groups excluding carboxylic acids is 2. The number of nitriles is 1. The first-order valence-electron chi connectivity index (χ1n) is 11.8. The van der Waals surface area contributed by atoms with Crippen LogP contribution in [0.3, 0.4) is 0 Å². The Morgan fingerprint density at radius 3 is 2.56 bits per heavy atom. The van der Waals surface area contributed by atoms with Gasteiger partial charge in [-0.15, -0.1) is 11.3 Å². The number of amides is 2. The van der Waals surface area contributed by atoms with Gasteiger partial charge in [-0.3, -0.25) is 19.4 Å². The van der Waals surface area contributed by atoms with Crippen molar-refractivity contribution in [3.8, 4) is 6.07 Å². The summed E-state index contributed by atoms with van der Waals surface area (Å²) in [5.74, 6) is -0.0185. The molecular formula is C24H37N5O2S. The minimum atomic E-state index is -0.285. The molecule has 1 saturated heterocycles. The van der Waals surface area contributed by atoms with E-state index >= 15 is 0 Å². The molecule has 0 aromatic carbocycles. The normalized spacial score (nSPS) is 19.2. The maximum absolute atomic E-state index is 13.1. The van der Waals surface area contributed by atoms with Crippen LogP contribution in [0.15, 0.2) is 0 Å². The summed E-state index contributed by atoms with van der Waals surface area (Å²) in [5.41, 5.74) is 1.58. The number of nitrogens with zero attached hydrogens (tertiary/aromatic N) is 3. The van der Waals surface area contributed by atoms with E-state index in [4.69, 9.17) is 0 Å². The Hall–Kier alpha value is -1.95. The van der Waals surface area contributed by atoms with Gasteiger partial charge in [0, 0.05) is 30.1 Å². The van der Waals surface area contributed by atoms with E-state index in [1.807, 2.05) is 27.7 Å². The van der Waals surface area contributed by atoms with E-state index in [0.29, 0.717) is 17.1 Å². The highest BCUT2D eigenvalue weighted by Crippen LogP contribution is 2.37. The van der Waals surface area contributed by atoms with Gasteiger partial charge in [0.05, 0.1) is 18.2 Å². The van der Waals surface area contributed by atoms with E-state index in [9.17, 15) is 14.9 Å². The fourth-order valence-corrected chi connectivity index (χ4v) is 5.77. The van der Waals surface area contributed by atoms with E-state index in [1.54, 1.807) is 11.3 Å². The Labute approximate surface area is 196 Å². The number of rotatable bonds is 5. The number of carbonyl (C=O) groups is 2. The number of hydrogen-bond acceptors (Lipinski definition) is 6. The predicted octanol–water partition coefficient (Wildman–Crippen LogP) is 3.14. The third-order valence-corrected chi connectivity index (χ3v) is 7.41. The summed E-state index contributed by atoms with van der Waals surface area (Å²) in [7, 11) is 0. The van der Waals surface area contributed by atoms with Crippen LogP contribution in [-0.4, -0.2) is 65.9 Å². The molecule has 0 saturated carbocycles. The molecule has 0 unspecified atom stereocenters. The molecule has 176 valence electrons. The van der Waals surface area contributed by atoms with Crippen molar-refractivity contribution < 1.29 is 9.59 Å². The number of anilines is 1. The summed E-state index contributed by atoms with van der Waals surface area (Å²) in [5, 5.41) is 16.5. The van der Waals surface area contributed by atoms with Crippen LogP contribution >= 0.6 is 11.3 Å². The molecule has 0 bridgehead atoms. The van der Waals surface area contributed by atoms with Gasteiger partial charge in [-0.2, -0.15) is 5.26 Å². The minimum Gasteiger partial charge on any atom is -0.350 e. The number of aryl methyl sites for hydroxylation is 1. The molecule has 2 aliphatic rings. The molecule has 1 aliphatic carbocycles. The van der Waals surface area contributed by atoms with Crippen molar-refractivity contribution in [1.29, 1.82) is 5.26 Å². The monoisotopic (exact) mass is 459 g/mol. The van der Waals surface area contributed by atoms with Gasteiger partial charge in [-0.1, -0.05) is 6.42 Å². The predicted molar refractivity (Wildman–Crippen MR) is 129 cm³/mol. The second-order valence-corrected chi connectivity index (χ2v) is 11.1. The number of thiophene rings is 1. The average molecular weight is 460 g/mol. The van der Waals surface area contributed by atoms with Gasteiger partial charge in [-0.05, 0) is 71.9 Å². The van der Waals surface area contributed by atoms with Gasteiger partial charge in [0.1, 0.15) is 11.1 Å². The first kappa shape index (κ1) is 24.7. The standard InChI is InChI=1S/C24H37N5O2S/c1-17(29-12-8-11-28(13-14-29)16-21(30)27-24(2,3)4)22(31)26-23-19(15-25)18-9-6-5-7-10-20(18)32-23/h17H,5-14,16H2,1-4H3,(H,26,31)(H,27,30)/t17-/m0/s1. The van der Waals surface area contributed by atoms with Crippen LogP contribution in [0.25, 0.3) is 0 Å². The molecule has 1 aromatic heterocycles. The van der Waals surface area contributed by atoms with Crippen molar-refractivity contribution >= 4 is 28.2 Å². The van der Waals surface area contributed by atoms with E-state index in [1.165, 1.54) is 11.3 Å². The molecule has 3 rings (SSSR count). The van der Waals surface area contributed by atoms with E-state index in [2.05, 4.69) is 26.5 Å². The molecule has 1 aromatic rings. The van der Waals surface area contributed by atoms with Crippen molar-refractivity contribution in [3.05, 3.63) is 16.0 Å². The second-order valence-electron chi connectivity index (χ2n) is 10.0. The fraction of sp³-hybridized carbons (Fsp3) is 0.708. The summed E-state index contributed by atoms with van der Waals surface area (Å²) in [6, 6.07) is 2.06. The zero-order chi connectivity index (χ0) is 23.3. The molecule has 7 nitrogen and oxygen atoms in total. The van der Waals surface area contributed by atoms with E-state index in [-0.39, 0.29) is 23.4 Å². The third-order valence-electron chi connectivity index (χ3n) is 6.20. The van der Waals surface area contributed by atoms with Crippen LogP contribution in [0.4, 0.5) is 5.00 Å². The van der Waals surface area contributed by atoms with Crippen LogP contribution in [0.1, 0.15) is 69.4 Å². The summed E-state index contributed by atoms with van der Waals surface area (Å²) < 4.78 is 0. The van der Waals surface area contributed by atoms with E-state index in [0.717, 1.165) is 63.8 Å². The first-order chi connectivity index (χ1) is 15.2. The molecule has 1 atom stereocenters. The molecular weight excluding hydrogens is 422 g/mol. The van der Waals surface area contributed by atoms with E-state index < -0.39 is 0 Å². The van der Waals surface area contributed by atoms with Crippen molar-refractivity contribution in [2.75, 3.05) is 38.0 Å². The Balaban J connectivity index is 1.57. The Morgan fingerprint density at radius 1 is 1.09 bits per heavy atom. The maximum atomic E-state index is 13.1. The molecule has 0 spiro atoms. The van der Waals surface area contributed by atoms with Crippen molar-refractivity contribution in [1.82, 2.24) is 15.1 Å². The highest BCUT2D eigenvalue weighted by atomic mass is 32.1. The lowest BCUT2D eigenvalue weighted by molar-refractivity contribution is -0.124. The minimum absolute atomic E-state index is 0.0400. The highest BCUT2D eigenvalue weighted by Gasteiger charge is 2.27. The number of hydrogen-bond donors (Lipinski definition) is 2. The molecule has 1 aliphatic heterocycles. The molecule has 0 radical (unpaired) electrons. The van der Waals surface area contributed by atoms with Crippen LogP contribution < -0.4 is 10.6 Å². The maximum Gasteiger partial charge on any atom is 0.242 e. The fourth-order valence-electron chi connectivity index (χ4n) is 4.53. The van der Waals surface area contributed by atoms with Crippen LogP contribution in [-0.2, 0) is 22.4 Å². The average Bonchev–Trinajstić information content (AvgIpc) is 2.89. The number of fused-ring (bicyclic) bond motifs is 1. The second kappa shape index (κ2) is 10.8. The molecule has 2 amide bonds. The Morgan fingerprint density at radius 2 is 1.84 bits per heavy atom. The summed E-state index contributed by atoms with van der Waals surface area (Å²) in [6.07, 6.45) is 6.32. The summed E-state index contributed by atoms with van der Waals surface area (Å²) in [6.45, 7) is 11.4. The van der Waals surface area contributed by atoms with Crippen LogP contribution in [0, 0.1) is 11.3 Å². The van der Waals surface area contributed by atoms with Gasteiger partial charge in [0.25, 0.3) is 0 Å². The smallest absolute Gasteiger partial charge is 0.242 e. The lowest BCUT2D eigenvalue weighted by Gasteiger charge is -2.27. The summed E-state index contributed by atoms with van der Waals surface area (Å²) in [4.78, 5) is 30.9. The first-order valence-corrected chi connectivity index (χ1v) is 12.6. The topological polar surface area (TPSA) is 88.5 Å². The zero-order valence-corrected chi connectivity index (χ0v) is 20.7. The zero-order valence-electron chi connectivity index (χ0n) is 19.9. The van der Waals surface area contributed by atoms with Gasteiger partial charge >= 0.3 is 0 Å². The van der Waals surface area contributed by atoms with Gasteiger partial charge in [-0.25, -0.2) is 0 Å². The third kappa shape index (κ3) is 6.53. The number of nitrogens with one attached hydrogen (secondary N) is 2. The SMILES string of the molecule is C[C@@H](C(=O)Nc1sc2c(c1C#N)CCCCC2)N1CCCN(CC(=O)NC(C)(C)C)CC1. The quantitative estimate of drug-likeness (QED) is 0.661. The Kier molecular flexibility index (Phi) is 8.32. The molecule has 2 N–H and O–H groups in total. The van der Waals surface area contributed by atoms with Crippen molar-refractivity contribution in [2.24, 2.45) is 0 Å². The lowest BCUT2D eigenvalue weighted by Crippen LogP contribution is -2.47. The van der Waals surface area contributed by atoms with Crippen molar-refractivity contribution in [2.45, 2.75) is 77.8 Å². The van der Waals surface area contributed by atoms with Gasteiger partial charge in [0.15, 0.2) is 0 Å². The molecule has 2 heterocycles. The molecule has 32 heavy (non-hydrogen) atoms. The highest BCUT2D eigenvalue weighted by molar-refractivity contribution is 7.16. The van der Waals surface area contributed by atoms with Crippen molar-refractivity contribution in [3.63, 3.8) is 0 Å². The molecule has 1 fully saturated rings. The lowest BCUT2D eigenvalue weighted by atomic mass is 10.1.